The molecule has 0 aromatic carbocycles. The van der Waals surface area contributed by atoms with Gasteiger partial charge in [-0.1, -0.05) is 0 Å². The quantitative estimate of drug-likeness (QED) is 0.113. The number of nitrogens with two attached hydrogens (primary N) is 3. The maximum Gasteiger partial charge on any atom is 0.210 e. The summed E-state index contributed by atoms with van der Waals surface area (Å²) in [6.45, 7) is 0. The lowest BCUT2D eigenvalue weighted by Crippen LogP contribution is -2.35. The first-order valence-corrected chi connectivity index (χ1v) is 4.34. The first kappa shape index (κ1) is 13.2. The second-order valence-electron chi connectivity index (χ2n) is 2.74. The molecule has 8 heteroatoms. The van der Waals surface area contributed by atoms with Gasteiger partial charge in [0.1, 0.15) is 6.29 Å². The van der Waals surface area contributed by atoms with Gasteiger partial charge in [-0.05, 0) is 12.8 Å². The monoisotopic (exact) mass is 216 g/mol. The Balaban J connectivity index is 4.00. The molecule has 1 unspecified atom stereocenters. The summed E-state index contributed by atoms with van der Waals surface area (Å²) in [6, 6.07) is 0. The number of carbonyl (C=O) groups is 1. The number of carbonyl (C=O) groups excluding carboxylic acids is 1. The van der Waals surface area contributed by atoms with Gasteiger partial charge in [-0.3, -0.25) is 5.41 Å². The van der Waals surface area contributed by atoms with Crippen molar-refractivity contribution in [3.8, 4) is 0 Å². The van der Waals surface area contributed by atoms with Gasteiger partial charge in [0.05, 0.1) is 0 Å². The molecule has 86 valence electrons. The average Bonchev–Trinajstić information content (AvgIpc) is 2.13. The van der Waals surface area contributed by atoms with Crippen molar-refractivity contribution in [2.24, 2.45) is 22.2 Å². The Bertz CT molecular complexity index is 238. The number of nitrogens with zero attached hydrogens (tertiary/aromatic N) is 1. The van der Waals surface area contributed by atoms with E-state index in [2.05, 4.69) is 10.5 Å². The maximum absolute atomic E-state index is 10.1. The predicted octanol–water partition coefficient (Wildman–Crippen LogP) is -1.63. The largest absolute Gasteiger partial charge is 0.370 e. The van der Waals surface area contributed by atoms with Crippen molar-refractivity contribution < 1.29 is 9.63 Å². The summed E-state index contributed by atoms with van der Waals surface area (Å²) in [5.74, 6) is -0.474. The van der Waals surface area contributed by atoms with Gasteiger partial charge in [0.25, 0.3) is 0 Å². The van der Waals surface area contributed by atoms with Gasteiger partial charge in [-0.25, -0.2) is 15.3 Å². The summed E-state index contributed by atoms with van der Waals surface area (Å²) in [5.41, 5.74) is 17.5. The van der Waals surface area contributed by atoms with E-state index in [1.54, 1.807) is 0 Å². The minimum Gasteiger partial charge on any atom is -0.370 e. The van der Waals surface area contributed by atoms with E-state index in [-0.39, 0.29) is 11.9 Å². The van der Waals surface area contributed by atoms with Crippen LogP contribution in [-0.4, -0.2) is 24.4 Å². The Hall–Kier alpha value is -1.83. The Morgan fingerprint density at radius 1 is 1.53 bits per heavy atom. The van der Waals surface area contributed by atoms with E-state index in [1.807, 2.05) is 0 Å². The minimum atomic E-state index is -0.654. The van der Waals surface area contributed by atoms with E-state index in [4.69, 9.17) is 27.4 Å². The minimum absolute atomic E-state index is 0.128. The van der Waals surface area contributed by atoms with Gasteiger partial charge in [-0.15, -0.1) is 0 Å². The van der Waals surface area contributed by atoms with Crippen LogP contribution in [0.25, 0.3) is 0 Å². The zero-order chi connectivity index (χ0) is 11.7. The van der Waals surface area contributed by atoms with Crippen LogP contribution in [0.1, 0.15) is 19.3 Å². The molecule has 15 heavy (non-hydrogen) atoms. The van der Waals surface area contributed by atoms with Gasteiger partial charge in [-0.2, -0.15) is 0 Å². The number of rotatable bonds is 7. The van der Waals surface area contributed by atoms with Crippen LogP contribution in [-0.2, 0) is 9.63 Å². The molecule has 0 aliphatic carbocycles. The highest BCUT2D eigenvalue weighted by atomic mass is 16.7. The molecule has 0 aliphatic heterocycles. The van der Waals surface area contributed by atoms with Crippen LogP contribution in [0.5, 0.6) is 0 Å². The lowest BCUT2D eigenvalue weighted by Gasteiger charge is -2.13. The summed E-state index contributed by atoms with van der Waals surface area (Å²) in [5, 5.41) is 6.86. The normalized spacial score (nSPS) is 11.5. The first-order chi connectivity index (χ1) is 7.06. The highest BCUT2D eigenvalue weighted by Gasteiger charge is 2.07. The maximum atomic E-state index is 10.1. The second-order valence-corrected chi connectivity index (χ2v) is 2.74. The highest BCUT2D eigenvalue weighted by molar-refractivity contribution is 5.75. The smallest absolute Gasteiger partial charge is 0.210 e. The fourth-order valence-electron chi connectivity index (χ4n) is 0.823. The molecular formula is C7H16N6O2. The molecule has 0 bridgehead atoms. The van der Waals surface area contributed by atoms with Crippen molar-refractivity contribution in [2.75, 3.05) is 0 Å². The van der Waals surface area contributed by atoms with Crippen molar-refractivity contribution in [1.29, 1.82) is 5.41 Å². The molecule has 0 amide bonds. The molecule has 0 saturated carbocycles. The summed E-state index contributed by atoms with van der Waals surface area (Å²) in [4.78, 5) is 18.7. The van der Waals surface area contributed by atoms with Crippen LogP contribution in [0.2, 0.25) is 0 Å². The Morgan fingerprint density at radius 2 is 2.20 bits per heavy atom. The number of unbranched alkanes of at least 4 members (excludes halogenated alkanes) is 1. The Labute approximate surface area is 87.3 Å². The molecular weight excluding hydrogens is 200 g/mol. The van der Waals surface area contributed by atoms with E-state index in [0.29, 0.717) is 19.3 Å². The van der Waals surface area contributed by atoms with E-state index in [0.717, 1.165) is 6.29 Å². The molecule has 1 atom stereocenters. The topological polar surface area (TPSA) is 153 Å². The fourth-order valence-corrected chi connectivity index (χ4v) is 0.823. The van der Waals surface area contributed by atoms with Gasteiger partial charge in [0.2, 0.25) is 5.96 Å². The molecule has 0 heterocycles. The van der Waals surface area contributed by atoms with Gasteiger partial charge >= 0.3 is 0 Å². The van der Waals surface area contributed by atoms with Gasteiger partial charge in [0.15, 0.2) is 12.2 Å². The van der Waals surface area contributed by atoms with Gasteiger partial charge in [0, 0.05) is 6.42 Å². The van der Waals surface area contributed by atoms with Crippen LogP contribution in [0, 0.1) is 5.41 Å². The Morgan fingerprint density at radius 3 is 2.67 bits per heavy atom. The lowest BCUT2D eigenvalue weighted by atomic mass is 10.2. The molecule has 0 aromatic heterocycles. The number of hydroxylamine groups is 1. The third-order valence-corrected chi connectivity index (χ3v) is 1.37. The van der Waals surface area contributed by atoms with E-state index < -0.39 is 6.23 Å². The van der Waals surface area contributed by atoms with Crippen LogP contribution >= 0.6 is 0 Å². The number of aldehydes is 1. The summed E-state index contributed by atoms with van der Waals surface area (Å²) in [7, 11) is 0. The van der Waals surface area contributed by atoms with E-state index in [9.17, 15) is 4.79 Å². The molecule has 0 aromatic rings. The number of guanidine groups is 2. The molecule has 0 aliphatic rings. The third kappa shape index (κ3) is 8.50. The lowest BCUT2D eigenvalue weighted by molar-refractivity contribution is -0.108. The van der Waals surface area contributed by atoms with Crippen molar-refractivity contribution in [3.05, 3.63) is 0 Å². The van der Waals surface area contributed by atoms with E-state index >= 15 is 0 Å². The SMILES string of the molecule is N=C(N)NOC(CCCC=O)N=C(N)N. The van der Waals surface area contributed by atoms with Crippen molar-refractivity contribution in [3.63, 3.8) is 0 Å². The molecule has 0 spiro atoms. The van der Waals surface area contributed by atoms with Crippen molar-refractivity contribution in [1.82, 2.24) is 5.48 Å². The van der Waals surface area contributed by atoms with Crippen LogP contribution in [0.15, 0.2) is 4.99 Å². The summed E-state index contributed by atoms with van der Waals surface area (Å²) in [6.07, 6.45) is 1.59. The zero-order valence-electron chi connectivity index (χ0n) is 8.27. The highest BCUT2D eigenvalue weighted by Crippen LogP contribution is 2.03. The molecule has 0 fully saturated rings. The van der Waals surface area contributed by atoms with Crippen LogP contribution < -0.4 is 22.7 Å². The van der Waals surface area contributed by atoms with E-state index in [1.165, 1.54) is 0 Å². The summed E-state index contributed by atoms with van der Waals surface area (Å²) < 4.78 is 0. The summed E-state index contributed by atoms with van der Waals surface area (Å²) >= 11 is 0. The standard InChI is InChI=1S/C7H16N6O2/c8-6(9)12-5(3-1-2-4-14)15-13-7(10)11/h4-5H,1-3H2,(H4,8,9,12)(H4,10,11,13). The fraction of sp³-hybridized carbons (Fsp3) is 0.571. The Kier molecular flexibility index (Phi) is 6.64. The predicted molar refractivity (Wildman–Crippen MR) is 55.6 cm³/mol. The second kappa shape index (κ2) is 7.56. The van der Waals surface area contributed by atoms with Crippen LogP contribution in [0.4, 0.5) is 0 Å². The number of nitrogens with one attached hydrogen (secondary N) is 2. The number of hydrogen-bond acceptors (Lipinski definition) is 4. The zero-order valence-corrected chi connectivity index (χ0v) is 8.27. The molecule has 8 N–H and O–H groups in total. The van der Waals surface area contributed by atoms with Crippen LogP contribution in [0.3, 0.4) is 0 Å². The molecule has 0 rings (SSSR count). The van der Waals surface area contributed by atoms with Crippen molar-refractivity contribution in [2.45, 2.75) is 25.5 Å². The third-order valence-electron chi connectivity index (χ3n) is 1.37. The number of hydrogen-bond donors (Lipinski definition) is 5. The molecule has 0 saturated heterocycles. The molecule has 8 nitrogen and oxygen atoms in total. The average molecular weight is 216 g/mol. The van der Waals surface area contributed by atoms with Gasteiger partial charge < -0.3 is 22.0 Å². The van der Waals surface area contributed by atoms with Crippen molar-refractivity contribution >= 4 is 18.2 Å². The number of aliphatic imine (C=N–C) groups is 1. The first-order valence-electron chi connectivity index (χ1n) is 4.34. The molecule has 0 radical (unpaired) electrons.